The topological polar surface area (TPSA) is 38.3 Å². The summed E-state index contributed by atoms with van der Waals surface area (Å²) in [6.45, 7) is 2.14. The number of rotatable bonds is 6. The standard InChI is InChI=1S/C22H19Cl2NO2/c1-2-27-22(26)17-7-13-20(14-8-17)25-21(15-3-9-18(23)10-4-15)16-5-11-19(24)12-6-16/h3-14,21,25H,2H2,1H3. The number of carbonyl (C=O) groups excluding carboxylic acids is 1. The van der Waals surface area contributed by atoms with Crippen molar-refractivity contribution in [2.75, 3.05) is 11.9 Å². The quantitative estimate of drug-likeness (QED) is 0.489. The number of hydrogen-bond acceptors (Lipinski definition) is 3. The number of halogens is 2. The van der Waals surface area contributed by atoms with Crippen LogP contribution in [0.25, 0.3) is 0 Å². The predicted molar refractivity (Wildman–Crippen MR) is 111 cm³/mol. The summed E-state index contributed by atoms with van der Waals surface area (Å²) in [6.07, 6.45) is 0. The summed E-state index contributed by atoms with van der Waals surface area (Å²) in [6, 6.07) is 22.6. The van der Waals surface area contributed by atoms with Gasteiger partial charge in [-0.3, -0.25) is 0 Å². The first-order valence-corrected chi connectivity index (χ1v) is 9.37. The second kappa shape index (κ2) is 8.94. The third-order valence-electron chi connectivity index (χ3n) is 4.11. The molecule has 3 aromatic rings. The van der Waals surface area contributed by atoms with Gasteiger partial charge in [-0.1, -0.05) is 47.5 Å². The maximum Gasteiger partial charge on any atom is 0.338 e. The predicted octanol–water partition coefficient (Wildman–Crippen LogP) is 6.37. The maximum absolute atomic E-state index is 11.8. The van der Waals surface area contributed by atoms with E-state index in [0.717, 1.165) is 16.8 Å². The Morgan fingerprint density at radius 2 is 1.33 bits per heavy atom. The minimum absolute atomic E-state index is 0.0898. The Balaban J connectivity index is 1.88. The van der Waals surface area contributed by atoms with Crippen LogP contribution in [0.15, 0.2) is 72.8 Å². The molecule has 0 unspecified atom stereocenters. The van der Waals surface area contributed by atoms with Crippen molar-refractivity contribution in [1.82, 2.24) is 0 Å². The van der Waals surface area contributed by atoms with Crippen molar-refractivity contribution in [2.45, 2.75) is 13.0 Å². The third kappa shape index (κ3) is 5.03. The number of anilines is 1. The van der Waals surface area contributed by atoms with Gasteiger partial charge in [0.25, 0.3) is 0 Å². The van der Waals surface area contributed by atoms with Crippen molar-refractivity contribution < 1.29 is 9.53 Å². The second-order valence-corrected chi connectivity index (χ2v) is 6.85. The van der Waals surface area contributed by atoms with E-state index in [0.29, 0.717) is 22.2 Å². The Morgan fingerprint density at radius 3 is 1.78 bits per heavy atom. The molecule has 0 spiro atoms. The zero-order valence-corrected chi connectivity index (χ0v) is 16.3. The number of esters is 1. The molecule has 3 aromatic carbocycles. The van der Waals surface area contributed by atoms with Gasteiger partial charge in [0.2, 0.25) is 0 Å². The molecule has 27 heavy (non-hydrogen) atoms. The SMILES string of the molecule is CCOC(=O)c1ccc(NC(c2ccc(Cl)cc2)c2ccc(Cl)cc2)cc1. The van der Waals surface area contributed by atoms with Gasteiger partial charge >= 0.3 is 5.97 Å². The van der Waals surface area contributed by atoms with Crippen LogP contribution in [0, 0.1) is 0 Å². The average Bonchev–Trinajstić information content (AvgIpc) is 2.68. The van der Waals surface area contributed by atoms with Crippen LogP contribution in [0.2, 0.25) is 10.0 Å². The Morgan fingerprint density at radius 1 is 0.852 bits per heavy atom. The van der Waals surface area contributed by atoms with Crippen molar-refractivity contribution >= 4 is 34.9 Å². The van der Waals surface area contributed by atoms with Gasteiger partial charge in [0, 0.05) is 15.7 Å². The fraction of sp³-hybridized carbons (Fsp3) is 0.136. The Labute approximate surface area is 168 Å². The molecule has 0 bridgehead atoms. The molecule has 3 rings (SSSR count). The van der Waals surface area contributed by atoms with E-state index in [9.17, 15) is 4.79 Å². The van der Waals surface area contributed by atoms with Crippen LogP contribution in [-0.2, 0) is 4.74 Å². The first-order valence-electron chi connectivity index (χ1n) is 8.61. The van der Waals surface area contributed by atoms with Crippen LogP contribution in [0.3, 0.4) is 0 Å². The monoisotopic (exact) mass is 399 g/mol. The van der Waals surface area contributed by atoms with Gasteiger partial charge in [-0.15, -0.1) is 0 Å². The summed E-state index contributed by atoms with van der Waals surface area (Å²) >= 11 is 12.1. The zero-order chi connectivity index (χ0) is 19.2. The minimum atomic E-state index is -0.323. The normalized spacial score (nSPS) is 10.7. The van der Waals surface area contributed by atoms with Crippen molar-refractivity contribution in [1.29, 1.82) is 0 Å². The molecule has 0 radical (unpaired) electrons. The maximum atomic E-state index is 11.8. The fourth-order valence-corrected chi connectivity index (χ4v) is 3.01. The summed E-state index contributed by atoms with van der Waals surface area (Å²) in [5.74, 6) is -0.323. The summed E-state index contributed by atoms with van der Waals surface area (Å²) in [5.41, 5.74) is 3.54. The number of carbonyl (C=O) groups is 1. The van der Waals surface area contributed by atoms with Crippen molar-refractivity contribution in [3.63, 3.8) is 0 Å². The lowest BCUT2D eigenvalue weighted by atomic mass is 9.98. The van der Waals surface area contributed by atoms with Crippen molar-refractivity contribution in [3.05, 3.63) is 99.5 Å². The lowest BCUT2D eigenvalue weighted by molar-refractivity contribution is 0.0526. The lowest BCUT2D eigenvalue weighted by Gasteiger charge is -2.21. The van der Waals surface area contributed by atoms with Gasteiger partial charge in [-0.25, -0.2) is 4.79 Å². The van der Waals surface area contributed by atoms with Gasteiger partial charge in [0.15, 0.2) is 0 Å². The highest BCUT2D eigenvalue weighted by molar-refractivity contribution is 6.30. The van der Waals surface area contributed by atoms with E-state index in [1.165, 1.54) is 0 Å². The van der Waals surface area contributed by atoms with Crippen LogP contribution >= 0.6 is 23.2 Å². The third-order valence-corrected chi connectivity index (χ3v) is 4.62. The first-order chi connectivity index (χ1) is 13.1. The number of benzene rings is 3. The zero-order valence-electron chi connectivity index (χ0n) is 14.8. The molecule has 3 nitrogen and oxygen atoms in total. The molecule has 0 aliphatic heterocycles. The summed E-state index contributed by atoms with van der Waals surface area (Å²) < 4.78 is 5.03. The molecule has 138 valence electrons. The molecule has 0 saturated heterocycles. The van der Waals surface area contributed by atoms with E-state index < -0.39 is 0 Å². The highest BCUT2D eigenvalue weighted by Crippen LogP contribution is 2.29. The second-order valence-electron chi connectivity index (χ2n) is 5.98. The molecular weight excluding hydrogens is 381 g/mol. The Kier molecular flexibility index (Phi) is 6.38. The van der Waals surface area contributed by atoms with E-state index in [4.69, 9.17) is 27.9 Å². The Hall–Kier alpha value is -2.49. The van der Waals surface area contributed by atoms with Gasteiger partial charge in [0.05, 0.1) is 18.2 Å². The number of nitrogens with one attached hydrogen (secondary N) is 1. The van der Waals surface area contributed by atoms with Crippen LogP contribution in [0.5, 0.6) is 0 Å². The van der Waals surface area contributed by atoms with Gasteiger partial charge < -0.3 is 10.1 Å². The summed E-state index contributed by atoms with van der Waals surface area (Å²) in [4.78, 5) is 11.8. The van der Waals surface area contributed by atoms with E-state index >= 15 is 0 Å². The Bertz CT molecular complexity index is 846. The van der Waals surface area contributed by atoms with Crippen LogP contribution in [0.1, 0.15) is 34.5 Å². The molecule has 0 heterocycles. The molecule has 0 aromatic heterocycles. The average molecular weight is 400 g/mol. The molecule has 5 heteroatoms. The molecule has 0 atom stereocenters. The molecule has 0 fully saturated rings. The van der Waals surface area contributed by atoms with Crippen molar-refractivity contribution in [2.24, 2.45) is 0 Å². The minimum Gasteiger partial charge on any atom is -0.462 e. The summed E-state index contributed by atoms with van der Waals surface area (Å²) in [7, 11) is 0. The molecule has 0 amide bonds. The van der Waals surface area contributed by atoms with Crippen molar-refractivity contribution in [3.8, 4) is 0 Å². The molecule has 0 aliphatic carbocycles. The van der Waals surface area contributed by atoms with E-state index in [2.05, 4.69) is 5.32 Å². The number of hydrogen-bond donors (Lipinski definition) is 1. The van der Waals surface area contributed by atoms with Gasteiger partial charge in [0.1, 0.15) is 0 Å². The largest absolute Gasteiger partial charge is 0.462 e. The van der Waals surface area contributed by atoms with E-state index in [-0.39, 0.29) is 12.0 Å². The summed E-state index contributed by atoms with van der Waals surface area (Å²) in [5, 5.41) is 4.89. The fourth-order valence-electron chi connectivity index (χ4n) is 2.75. The van der Waals surface area contributed by atoms with Crippen LogP contribution < -0.4 is 5.32 Å². The van der Waals surface area contributed by atoms with E-state index in [1.807, 2.05) is 60.7 Å². The first kappa shape index (κ1) is 19.3. The molecule has 1 N–H and O–H groups in total. The van der Waals surface area contributed by atoms with Gasteiger partial charge in [-0.05, 0) is 66.6 Å². The number of ether oxygens (including phenoxy) is 1. The smallest absolute Gasteiger partial charge is 0.338 e. The molecule has 0 aliphatic rings. The van der Waals surface area contributed by atoms with Gasteiger partial charge in [-0.2, -0.15) is 0 Å². The highest BCUT2D eigenvalue weighted by Gasteiger charge is 2.15. The van der Waals surface area contributed by atoms with E-state index in [1.54, 1.807) is 19.1 Å². The lowest BCUT2D eigenvalue weighted by Crippen LogP contribution is -2.12. The van der Waals surface area contributed by atoms with Crippen LogP contribution in [-0.4, -0.2) is 12.6 Å². The van der Waals surface area contributed by atoms with Crippen LogP contribution in [0.4, 0.5) is 5.69 Å². The molecule has 0 saturated carbocycles. The highest BCUT2D eigenvalue weighted by atomic mass is 35.5. The molecular formula is C22H19Cl2NO2.